The second-order valence-corrected chi connectivity index (χ2v) is 4.87. The van der Waals surface area contributed by atoms with E-state index in [1.807, 2.05) is 23.6 Å². The van der Waals surface area contributed by atoms with Crippen LogP contribution in [0.5, 0.6) is 0 Å². The predicted molar refractivity (Wildman–Crippen MR) is 54.9 cm³/mol. The number of rotatable bonds is 2. The van der Waals surface area contributed by atoms with Gasteiger partial charge in [-0.05, 0) is 6.92 Å². The standard InChI is InChI=1S/C9H16N2OS/c1-8(9(12)11-2-3-11)10-4-6-13-7-5-10/h8H,2-7H2,1H3. The number of amides is 1. The van der Waals surface area contributed by atoms with Crippen LogP contribution in [0.25, 0.3) is 0 Å². The minimum absolute atomic E-state index is 0.114. The smallest absolute Gasteiger partial charge is 0.239 e. The largest absolute Gasteiger partial charge is 0.338 e. The third kappa shape index (κ3) is 2.17. The molecular formula is C9H16N2OS. The zero-order chi connectivity index (χ0) is 9.26. The highest BCUT2D eigenvalue weighted by atomic mass is 32.2. The molecule has 1 atom stereocenters. The van der Waals surface area contributed by atoms with Crippen molar-refractivity contribution in [2.24, 2.45) is 0 Å². The summed E-state index contributed by atoms with van der Waals surface area (Å²) in [6.45, 7) is 6.14. The van der Waals surface area contributed by atoms with E-state index in [9.17, 15) is 4.79 Å². The maximum Gasteiger partial charge on any atom is 0.239 e. The number of carbonyl (C=O) groups excluding carboxylic acids is 1. The van der Waals surface area contributed by atoms with E-state index in [0.29, 0.717) is 5.91 Å². The molecule has 0 aromatic rings. The molecule has 0 aromatic carbocycles. The van der Waals surface area contributed by atoms with Crippen LogP contribution in [-0.2, 0) is 4.79 Å². The molecule has 2 heterocycles. The molecule has 13 heavy (non-hydrogen) atoms. The fourth-order valence-electron chi connectivity index (χ4n) is 1.66. The molecule has 0 aliphatic carbocycles. The van der Waals surface area contributed by atoms with Crippen molar-refractivity contribution in [3.05, 3.63) is 0 Å². The molecule has 1 unspecified atom stereocenters. The summed E-state index contributed by atoms with van der Waals surface area (Å²) in [5, 5.41) is 0. The molecule has 2 saturated heterocycles. The van der Waals surface area contributed by atoms with Gasteiger partial charge in [0.25, 0.3) is 0 Å². The Morgan fingerprint density at radius 2 is 1.85 bits per heavy atom. The van der Waals surface area contributed by atoms with Crippen molar-refractivity contribution in [2.45, 2.75) is 13.0 Å². The highest BCUT2D eigenvalue weighted by molar-refractivity contribution is 7.99. The van der Waals surface area contributed by atoms with E-state index >= 15 is 0 Å². The molecule has 4 heteroatoms. The maximum atomic E-state index is 11.7. The zero-order valence-electron chi connectivity index (χ0n) is 8.03. The summed E-state index contributed by atoms with van der Waals surface area (Å²) < 4.78 is 0. The van der Waals surface area contributed by atoms with E-state index in [4.69, 9.17) is 0 Å². The SMILES string of the molecule is CC(C(=O)N1CC1)N1CCSCC1. The van der Waals surface area contributed by atoms with E-state index < -0.39 is 0 Å². The number of thioether (sulfide) groups is 1. The zero-order valence-corrected chi connectivity index (χ0v) is 8.85. The van der Waals surface area contributed by atoms with Gasteiger partial charge in [-0.15, -0.1) is 0 Å². The Morgan fingerprint density at radius 1 is 1.23 bits per heavy atom. The van der Waals surface area contributed by atoms with E-state index in [1.54, 1.807) is 0 Å². The summed E-state index contributed by atoms with van der Waals surface area (Å²) in [6, 6.07) is 0.114. The highest BCUT2D eigenvalue weighted by Gasteiger charge is 2.31. The predicted octanol–water partition coefficient (Wildman–Crippen LogP) is 0.266. The Hall–Kier alpha value is -0.220. The first-order valence-electron chi connectivity index (χ1n) is 4.89. The normalized spacial score (nSPS) is 25.8. The van der Waals surface area contributed by atoms with Crippen molar-refractivity contribution in [3.8, 4) is 0 Å². The Labute approximate surface area is 83.5 Å². The van der Waals surface area contributed by atoms with Crippen molar-refractivity contribution >= 4 is 17.7 Å². The van der Waals surface area contributed by atoms with Gasteiger partial charge in [-0.25, -0.2) is 0 Å². The van der Waals surface area contributed by atoms with E-state index in [1.165, 1.54) is 11.5 Å². The number of nitrogens with zero attached hydrogens (tertiary/aromatic N) is 2. The molecular weight excluding hydrogens is 184 g/mol. The molecule has 0 radical (unpaired) electrons. The molecule has 2 aliphatic rings. The summed E-state index contributed by atoms with van der Waals surface area (Å²) in [4.78, 5) is 15.9. The van der Waals surface area contributed by atoms with Gasteiger partial charge < -0.3 is 4.90 Å². The molecule has 0 N–H and O–H groups in total. The molecule has 3 nitrogen and oxygen atoms in total. The minimum Gasteiger partial charge on any atom is -0.338 e. The van der Waals surface area contributed by atoms with E-state index in [2.05, 4.69) is 4.90 Å². The van der Waals surface area contributed by atoms with Gasteiger partial charge in [0.15, 0.2) is 0 Å². The van der Waals surface area contributed by atoms with Crippen LogP contribution < -0.4 is 0 Å². The topological polar surface area (TPSA) is 23.3 Å². The van der Waals surface area contributed by atoms with E-state index in [0.717, 1.165) is 26.2 Å². The molecule has 0 saturated carbocycles. The molecule has 0 spiro atoms. The van der Waals surface area contributed by atoms with Crippen molar-refractivity contribution in [3.63, 3.8) is 0 Å². The first kappa shape index (κ1) is 9.34. The first-order chi connectivity index (χ1) is 6.29. The molecule has 74 valence electrons. The lowest BCUT2D eigenvalue weighted by Gasteiger charge is -2.31. The van der Waals surface area contributed by atoms with E-state index in [-0.39, 0.29) is 6.04 Å². The summed E-state index contributed by atoms with van der Waals surface area (Å²) in [5.74, 6) is 2.68. The van der Waals surface area contributed by atoms with Crippen LogP contribution in [0.4, 0.5) is 0 Å². The number of hydrogen-bond acceptors (Lipinski definition) is 3. The summed E-state index contributed by atoms with van der Waals surface area (Å²) in [6.07, 6.45) is 0. The van der Waals surface area contributed by atoms with Gasteiger partial charge in [-0.1, -0.05) is 0 Å². The number of hydrogen-bond donors (Lipinski definition) is 0. The second kappa shape index (κ2) is 3.88. The van der Waals surface area contributed by atoms with Crippen LogP contribution in [0, 0.1) is 0 Å². The van der Waals surface area contributed by atoms with Crippen molar-refractivity contribution in [1.29, 1.82) is 0 Å². The Balaban J connectivity index is 1.86. The Kier molecular flexibility index (Phi) is 2.79. The average Bonchev–Trinajstić information content (AvgIpc) is 3.00. The summed E-state index contributed by atoms with van der Waals surface area (Å²) in [7, 11) is 0. The van der Waals surface area contributed by atoms with Crippen molar-refractivity contribution in [1.82, 2.24) is 9.80 Å². The van der Waals surface area contributed by atoms with Crippen molar-refractivity contribution in [2.75, 3.05) is 37.7 Å². The fraction of sp³-hybridized carbons (Fsp3) is 0.889. The molecule has 2 fully saturated rings. The lowest BCUT2D eigenvalue weighted by molar-refractivity contribution is -0.130. The van der Waals surface area contributed by atoms with Gasteiger partial charge >= 0.3 is 0 Å². The molecule has 0 bridgehead atoms. The molecule has 2 rings (SSSR count). The van der Waals surface area contributed by atoms with Crippen LogP contribution in [0.15, 0.2) is 0 Å². The monoisotopic (exact) mass is 200 g/mol. The molecule has 1 amide bonds. The van der Waals surface area contributed by atoms with Crippen LogP contribution in [0.3, 0.4) is 0 Å². The van der Waals surface area contributed by atoms with Gasteiger partial charge in [-0.2, -0.15) is 11.8 Å². The van der Waals surface area contributed by atoms with Crippen LogP contribution >= 0.6 is 11.8 Å². The lowest BCUT2D eigenvalue weighted by Crippen LogP contribution is -2.45. The molecule has 0 aromatic heterocycles. The fourth-order valence-corrected chi connectivity index (χ4v) is 2.59. The van der Waals surface area contributed by atoms with Gasteiger partial charge in [0, 0.05) is 37.7 Å². The van der Waals surface area contributed by atoms with Crippen LogP contribution in [0.1, 0.15) is 6.92 Å². The average molecular weight is 200 g/mol. The van der Waals surface area contributed by atoms with Gasteiger partial charge in [0.2, 0.25) is 5.91 Å². The van der Waals surface area contributed by atoms with Crippen LogP contribution in [-0.4, -0.2) is 59.4 Å². The first-order valence-corrected chi connectivity index (χ1v) is 6.05. The highest BCUT2D eigenvalue weighted by Crippen LogP contribution is 2.15. The lowest BCUT2D eigenvalue weighted by atomic mass is 10.2. The van der Waals surface area contributed by atoms with Gasteiger partial charge in [0.1, 0.15) is 0 Å². The second-order valence-electron chi connectivity index (χ2n) is 3.65. The quantitative estimate of drug-likeness (QED) is 0.598. The maximum absolute atomic E-state index is 11.7. The number of carbonyl (C=O) groups is 1. The van der Waals surface area contributed by atoms with Gasteiger partial charge in [-0.3, -0.25) is 9.69 Å². The van der Waals surface area contributed by atoms with Crippen LogP contribution in [0.2, 0.25) is 0 Å². The summed E-state index contributed by atoms with van der Waals surface area (Å²) in [5.41, 5.74) is 0. The van der Waals surface area contributed by atoms with Crippen molar-refractivity contribution < 1.29 is 4.79 Å². The summed E-state index contributed by atoms with van der Waals surface area (Å²) >= 11 is 1.99. The third-order valence-corrected chi connectivity index (χ3v) is 3.65. The Bertz CT molecular complexity index is 200. The minimum atomic E-state index is 0.114. The van der Waals surface area contributed by atoms with Gasteiger partial charge in [0.05, 0.1) is 6.04 Å². The Morgan fingerprint density at radius 3 is 2.38 bits per heavy atom. The third-order valence-electron chi connectivity index (χ3n) is 2.71. The molecule has 2 aliphatic heterocycles.